The summed E-state index contributed by atoms with van der Waals surface area (Å²) in [7, 11) is 4.47. The lowest BCUT2D eigenvalue weighted by molar-refractivity contribution is -0.0566. The van der Waals surface area contributed by atoms with Gasteiger partial charge in [0.25, 0.3) is 0 Å². The van der Waals surface area contributed by atoms with Gasteiger partial charge in [-0.2, -0.15) is 4.98 Å². The summed E-state index contributed by atoms with van der Waals surface area (Å²) < 4.78 is 34.9. The predicted octanol–water partition coefficient (Wildman–Crippen LogP) is 2.19. The van der Waals surface area contributed by atoms with Gasteiger partial charge in [0.05, 0.1) is 45.4 Å². The number of esters is 2. The van der Waals surface area contributed by atoms with Gasteiger partial charge in [-0.25, -0.2) is 19.6 Å². The Morgan fingerprint density at radius 1 is 0.825 bits per heavy atom. The smallest absolute Gasteiger partial charge is 0.338 e. The number of benzene rings is 2. The summed E-state index contributed by atoms with van der Waals surface area (Å²) in [6, 6.07) is 12.6. The van der Waals surface area contributed by atoms with Crippen LogP contribution >= 0.6 is 0 Å². The van der Waals surface area contributed by atoms with Crippen LogP contribution in [0.3, 0.4) is 0 Å². The highest BCUT2D eigenvalue weighted by atomic mass is 16.6. The molecule has 4 aromatic rings. The first kappa shape index (κ1) is 26.8. The zero-order valence-corrected chi connectivity index (χ0v) is 21.8. The van der Waals surface area contributed by atoms with Crippen molar-refractivity contribution in [3.05, 3.63) is 72.3 Å². The van der Waals surface area contributed by atoms with Gasteiger partial charge in [0.2, 0.25) is 5.88 Å². The van der Waals surface area contributed by atoms with Gasteiger partial charge in [-0.3, -0.25) is 4.57 Å². The van der Waals surface area contributed by atoms with Crippen LogP contribution in [0.2, 0.25) is 0 Å². The van der Waals surface area contributed by atoms with Gasteiger partial charge in [-0.05, 0) is 48.5 Å². The summed E-state index contributed by atoms with van der Waals surface area (Å²) in [6.45, 7) is -0.529. The molecule has 13 heteroatoms. The van der Waals surface area contributed by atoms with E-state index in [9.17, 15) is 14.7 Å². The minimum Gasteiger partial charge on any atom is -0.497 e. The number of aromatic nitrogens is 4. The summed E-state index contributed by atoms with van der Waals surface area (Å²) in [5, 5.41) is 10.2. The van der Waals surface area contributed by atoms with Gasteiger partial charge in [0.1, 0.15) is 23.9 Å². The molecule has 0 unspecified atom stereocenters. The highest BCUT2D eigenvalue weighted by molar-refractivity contribution is 5.90. The normalized spacial score (nSPS) is 20.2. The maximum absolute atomic E-state index is 13.2. The van der Waals surface area contributed by atoms with Crippen LogP contribution in [-0.2, 0) is 14.2 Å². The molecule has 13 nitrogen and oxygen atoms in total. The van der Waals surface area contributed by atoms with Crippen molar-refractivity contribution < 1.29 is 43.1 Å². The quantitative estimate of drug-likeness (QED) is 0.304. The molecule has 1 saturated heterocycles. The van der Waals surface area contributed by atoms with Crippen LogP contribution in [0.1, 0.15) is 26.9 Å². The first-order valence-electron chi connectivity index (χ1n) is 12.1. The zero-order valence-electron chi connectivity index (χ0n) is 21.8. The van der Waals surface area contributed by atoms with Gasteiger partial charge in [-0.1, -0.05) is 0 Å². The number of rotatable bonds is 9. The van der Waals surface area contributed by atoms with Gasteiger partial charge in [0.15, 0.2) is 29.6 Å². The van der Waals surface area contributed by atoms with E-state index in [4.69, 9.17) is 28.4 Å². The van der Waals surface area contributed by atoms with Gasteiger partial charge in [-0.15, -0.1) is 0 Å². The van der Waals surface area contributed by atoms with E-state index in [-0.39, 0.29) is 17.0 Å². The second-order valence-electron chi connectivity index (χ2n) is 8.65. The van der Waals surface area contributed by atoms with Crippen LogP contribution in [0.5, 0.6) is 17.4 Å². The van der Waals surface area contributed by atoms with Crippen molar-refractivity contribution in [3.8, 4) is 17.4 Å². The van der Waals surface area contributed by atoms with Gasteiger partial charge in [0, 0.05) is 0 Å². The first-order chi connectivity index (χ1) is 19.5. The molecule has 1 aliphatic rings. The van der Waals surface area contributed by atoms with Crippen LogP contribution in [0, 0.1) is 0 Å². The second-order valence-corrected chi connectivity index (χ2v) is 8.65. The molecule has 3 heterocycles. The van der Waals surface area contributed by atoms with E-state index < -0.39 is 43.1 Å². The molecule has 2 aromatic heterocycles. The molecule has 208 valence electrons. The number of hydrogen-bond donors (Lipinski definition) is 1. The molecule has 1 N–H and O–H groups in total. The molecule has 0 aliphatic carbocycles. The fourth-order valence-corrected chi connectivity index (χ4v) is 4.35. The highest BCUT2D eigenvalue weighted by Gasteiger charge is 2.51. The van der Waals surface area contributed by atoms with Crippen molar-refractivity contribution in [1.82, 2.24) is 19.5 Å². The van der Waals surface area contributed by atoms with Crippen molar-refractivity contribution in [2.24, 2.45) is 0 Å². The lowest BCUT2D eigenvalue weighted by atomic mass is 10.1. The fraction of sp³-hybridized carbons (Fsp3) is 0.296. The molecule has 40 heavy (non-hydrogen) atoms. The Hall–Kier alpha value is -4.75. The zero-order chi connectivity index (χ0) is 28.2. The SMILES string of the molecule is COc1ccc(C(=O)O[C@H]2[C@H](OC(=O)c3ccc(OC)cc3)[C@@H](CO)O[C@H]2n2cnc3c(OC)ncnc32)cc1. The van der Waals surface area contributed by atoms with Crippen molar-refractivity contribution in [1.29, 1.82) is 0 Å². The molecule has 4 atom stereocenters. The van der Waals surface area contributed by atoms with Crippen molar-refractivity contribution in [3.63, 3.8) is 0 Å². The van der Waals surface area contributed by atoms with Crippen LogP contribution in [0.15, 0.2) is 61.2 Å². The van der Waals surface area contributed by atoms with E-state index in [1.54, 1.807) is 36.4 Å². The monoisotopic (exact) mass is 550 g/mol. The largest absolute Gasteiger partial charge is 0.497 e. The van der Waals surface area contributed by atoms with E-state index >= 15 is 0 Å². The Morgan fingerprint density at radius 2 is 1.40 bits per heavy atom. The summed E-state index contributed by atoms with van der Waals surface area (Å²) in [5.41, 5.74) is 1.12. The lowest BCUT2D eigenvalue weighted by Crippen LogP contribution is -2.40. The maximum Gasteiger partial charge on any atom is 0.338 e. The van der Waals surface area contributed by atoms with E-state index in [1.165, 1.54) is 50.7 Å². The Labute approximate surface area is 228 Å². The number of ether oxygens (including phenoxy) is 6. The maximum atomic E-state index is 13.2. The second kappa shape index (κ2) is 11.6. The number of nitrogens with zero attached hydrogens (tertiary/aromatic N) is 4. The van der Waals surface area contributed by atoms with Gasteiger partial charge < -0.3 is 33.5 Å². The molecule has 5 rings (SSSR count). The number of hydrogen-bond acceptors (Lipinski definition) is 12. The molecule has 0 amide bonds. The van der Waals surface area contributed by atoms with Crippen LogP contribution in [-0.4, -0.2) is 82.8 Å². The van der Waals surface area contributed by atoms with E-state index in [1.807, 2.05) is 0 Å². The highest BCUT2D eigenvalue weighted by Crippen LogP contribution is 2.37. The van der Waals surface area contributed by atoms with Crippen molar-refractivity contribution in [2.75, 3.05) is 27.9 Å². The third kappa shape index (κ3) is 5.11. The first-order valence-corrected chi connectivity index (χ1v) is 12.1. The Morgan fingerprint density at radius 3 is 1.93 bits per heavy atom. The van der Waals surface area contributed by atoms with Crippen LogP contribution in [0.4, 0.5) is 0 Å². The van der Waals surface area contributed by atoms with Crippen molar-refractivity contribution >= 4 is 23.1 Å². The average Bonchev–Trinajstić information content (AvgIpc) is 3.58. The van der Waals surface area contributed by atoms with Crippen molar-refractivity contribution in [2.45, 2.75) is 24.5 Å². The number of imidazole rings is 1. The molecule has 2 aromatic carbocycles. The molecule has 1 fully saturated rings. The molecule has 0 spiro atoms. The number of fused-ring (bicyclic) bond motifs is 1. The predicted molar refractivity (Wildman–Crippen MR) is 137 cm³/mol. The minimum atomic E-state index is -1.20. The molecular formula is C27H26N4O9. The Bertz CT molecular complexity index is 1490. The topological polar surface area (TPSA) is 153 Å². The molecule has 0 saturated carbocycles. The third-order valence-corrected chi connectivity index (χ3v) is 6.40. The van der Waals surface area contributed by atoms with E-state index in [2.05, 4.69) is 15.0 Å². The van der Waals surface area contributed by atoms with Gasteiger partial charge >= 0.3 is 11.9 Å². The molecule has 0 bridgehead atoms. The third-order valence-electron chi connectivity index (χ3n) is 6.40. The Kier molecular flexibility index (Phi) is 7.75. The molecule has 0 radical (unpaired) electrons. The standard InChI is InChI=1S/C27H26N4O9/c1-35-17-8-4-15(5-9-17)26(33)39-21-19(12-32)38-25(31-14-30-20-23(31)28-13-29-24(20)37-3)22(21)40-27(34)16-6-10-18(36-2)11-7-16/h4-11,13-14,19,21-22,25,32H,12H2,1-3H3/t19-,21-,22+,25-/m1/s1. The number of aliphatic hydroxyl groups excluding tert-OH is 1. The van der Waals surface area contributed by atoms with E-state index in [0.29, 0.717) is 22.7 Å². The number of carbonyl (C=O) groups is 2. The van der Waals surface area contributed by atoms with Crippen LogP contribution < -0.4 is 14.2 Å². The van der Waals surface area contributed by atoms with E-state index in [0.717, 1.165) is 0 Å². The summed E-state index contributed by atoms with van der Waals surface area (Å²) >= 11 is 0. The fourth-order valence-electron chi connectivity index (χ4n) is 4.35. The number of aliphatic hydroxyl groups is 1. The summed E-state index contributed by atoms with van der Waals surface area (Å²) in [6.07, 6.45) is -1.79. The summed E-state index contributed by atoms with van der Waals surface area (Å²) in [4.78, 5) is 39.0. The number of methoxy groups -OCH3 is 3. The lowest BCUT2D eigenvalue weighted by Gasteiger charge is -2.24. The number of carbonyl (C=O) groups excluding carboxylic acids is 2. The average molecular weight is 551 g/mol. The molecule has 1 aliphatic heterocycles. The Balaban J connectivity index is 1.50. The summed E-state index contributed by atoms with van der Waals surface area (Å²) in [5.74, 6) is -0.0643. The van der Waals surface area contributed by atoms with Crippen LogP contribution in [0.25, 0.3) is 11.2 Å². The minimum absolute atomic E-state index is 0.228. The molecular weight excluding hydrogens is 524 g/mol.